The Labute approximate surface area is 110 Å². The molecule has 1 aromatic heterocycles. The molecule has 0 radical (unpaired) electrons. The van der Waals surface area contributed by atoms with Crippen molar-refractivity contribution in [2.24, 2.45) is 5.73 Å². The zero-order chi connectivity index (χ0) is 12.3. The van der Waals surface area contributed by atoms with E-state index >= 15 is 0 Å². The maximum Gasteiger partial charge on any atom is 0.0940 e. The Bertz CT molecular complexity index is 508. The summed E-state index contributed by atoms with van der Waals surface area (Å²) in [6, 6.07) is 6.02. The highest BCUT2D eigenvalue weighted by Gasteiger charge is 2.05. The molecule has 0 saturated carbocycles. The van der Waals surface area contributed by atoms with Crippen LogP contribution in [0, 0.1) is 6.92 Å². The van der Waals surface area contributed by atoms with Gasteiger partial charge in [0.2, 0.25) is 0 Å². The Morgan fingerprint density at radius 3 is 2.94 bits per heavy atom. The topological polar surface area (TPSA) is 38.9 Å². The number of hydrogen-bond donors (Lipinski definition) is 1. The number of nitrogens with two attached hydrogens (primary N) is 1. The maximum atomic E-state index is 5.94. The third kappa shape index (κ3) is 3.28. The molecule has 2 nitrogen and oxygen atoms in total. The molecule has 2 rings (SSSR count). The minimum absolute atomic E-state index is 0.660. The molecule has 0 amide bonds. The lowest BCUT2D eigenvalue weighted by molar-refractivity contribution is 0.952. The van der Waals surface area contributed by atoms with Crippen molar-refractivity contribution in [1.82, 2.24) is 4.98 Å². The quantitative estimate of drug-likeness (QED) is 0.923. The first kappa shape index (κ1) is 12.6. The first-order valence-corrected chi connectivity index (χ1v) is 6.77. The Morgan fingerprint density at radius 2 is 2.24 bits per heavy atom. The molecule has 0 saturated heterocycles. The third-order valence-corrected chi connectivity index (χ3v) is 3.92. The number of halogens is 1. The van der Waals surface area contributed by atoms with Crippen molar-refractivity contribution in [2.45, 2.75) is 19.8 Å². The van der Waals surface area contributed by atoms with Crippen LogP contribution in [-0.4, -0.2) is 11.5 Å². The van der Waals surface area contributed by atoms with Gasteiger partial charge in [-0.2, -0.15) is 0 Å². The fraction of sp³-hybridized carbons (Fsp3) is 0.308. The zero-order valence-corrected chi connectivity index (χ0v) is 11.3. The van der Waals surface area contributed by atoms with Gasteiger partial charge in [-0.15, -0.1) is 11.3 Å². The van der Waals surface area contributed by atoms with Crippen LogP contribution in [0.4, 0.5) is 0 Å². The number of aryl methyl sites for hydroxylation is 1. The fourth-order valence-corrected chi connectivity index (χ4v) is 2.90. The number of nitrogens with zero attached hydrogens (tertiary/aromatic N) is 1. The van der Waals surface area contributed by atoms with Gasteiger partial charge in [-0.05, 0) is 36.7 Å². The van der Waals surface area contributed by atoms with Gasteiger partial charge in [0.1, 0.15) is 0 Å². The molecule has 17 heavy (non-hydrogen) atoms. The van der Waals surface area contributed by atoms with Crippen LogP contribution in [0.25, 0.3) is 0 Å². The minimum Gasteiger partial charge on any atom is -0.330 e. The van der Waals surface area contributed by atoms with Crippen LogP contribution in [0.5, 0.6) is 0 Å². The van der Waals surface area contributed by atoms with Crippen LogP contribution in [0.2, 0.25) is 5.02 Å². The van der Waals surface area contributed by atoms with Crippen LogP contribution in [0.3, 0.4) is 0 Å². The van der Waals surface area contributed by atoms with E-state index in [0.717, 1.165) is 22.9 Å². The maximum absolute atomic E-state index is 5.94. The standard InChI is InChI=1S/C13H15ClN2S/c1-9-6-11(14)3-2-10(9)7-12-8-16-13(17-12)4-5-15/h2-3,6,8H,4-5,7,15H2,1H3. The van der Waals surface area contributed by atoms with Crippen molar-refractivity contribution >= 4 is 22.9 Å². The normalized spacial score (nSPS) is 10.8. The summed E-state index contributed by atoms with van der Waals surface area (Å²) in [5.74, 6) is 0. The Balaban J connectivity index is 2.13. The zero-order valence-electron chi connectivity index (χ0n) is 9.74. The van der Waals surface area contributed by atoms with E-state index in [9.17, 15) is 0 Å². The van der Waals surface area contributed by atoms with E-state index in [2.05, 4.69) is 18.0 Å². The average molecular weight is 267 g/mol. The highest BCUT2D eigenvalue weighted by molar-refractivity contribution is 7.11. The molecule has 0 atom stereocenters. The molecule has 2 aromatic rings. The molecule has 1 heterocycles. The van der Waals surface area contributed by atoms with Gasteiger partial charge in [0, 0.05) is 28.9 Å². The van der Waals surface area contributed by atoms with Gasteiger partial charge in [-0.1, -0.05) is 17.7 Å². The predicted octanol–water partition coefficient (Wildman–Crippen LogP) is 3.20. The fourth-order valence-electron chi connectivity index (χ4n) is 1.71. The monoisotopic (exact) mass is 266 g/mol. The van der Waals surface area contributed by atoms with Crippen LogP contribution < -0.4 is 5.73 Å². The molecule has 0 unspecified atom stereocenters. The molecule has 2 N–H and O–H groups in total. The molecule has 0 aliphatic heterocycles. The van der Waals surface area contributed by atoms with E-state index < -0.39 is 0 Å². The average Bonchev–Trinajstić information content (AvgIpc) is 2.71. The lowest BCUT2D eigenvalue weighted by Gasteiger charge is -2.03. The molecule has 0 spiro atoms. The number of hydrogen-bond acceptors (Lipinski definition) is 3. The van der Waals surface area contributed by atoms with E-state index in [1.165, 1.54) is 16.0 Å². The Hall–Kier alpha value is -0.900. The SMILES string of the molecule is Cc1cc(Cl)ccc1Cc1cnc(CCN)s1. The summed E-state index contributed by atoms with van der Waals surface area (Å²) in [6.07, 6.45) is 3.74. The summed E-state index contributed by atoms with van der Waals surface area (Å²) in [7, 11) is 0. The molecule has 4 heteroatoms. The largest absolute Gasteiger partial charge is 0.330 e. The second-order valence-electron chi connectivity index (χ2n) is 4.01. The number of benzene rings is 1. The molecule has 0 aliphatic carbocycles. The highest BCUT2D eigenvalue weighted by Crippen LogP contribution is 2.21. The molecule has 0 aliphatic rings. The molecule has 0 bridgehead atoms. The highest BCUT2D eigenvalue weighted by atomic mass is 35.5. The second-order valence-corrected chi connectivity index (χ2v) is 5.64. The number of aromatic nitrogens is 1. The summed E-state index contributed by atoms with van der Waals surface area (Å²) < 4.78 is 0. The Morgan fingerprint density at radius 1 is 1.41 bits per heavy atom. The van der Waals surface area contributed by atoms with Gasteiger partial charge in [0.15, 0.2) is 0 Å². The first-order chi connectivity index (χ1) is 8.19. The number of rotatable bonds is 4. The summed E-state index contributed by atoms with van der Waals surface area (Å²) >= 11 is 7.68. The molecule has 1 aromatic carbocycles. The van der Waals surface area contributed by atoms with E-state index in [0.29, 0.717) is 6.54 Å². The molecular weight excluding hydrogens is 252 g/mol. The minimum atomic E-state index is 0.660. The van der Waals surface area contributed by atoms with E-state index in [4.69, 9.17) is 17.3 Å². The lowest BCUT2D eigenvalue weighted by Crippen LogP contribution is -2.01. The predicted molar refractivity (Wildman–Crippen MR) is 73.9 cm³/mol. The van der Waals surface area contributed by atoms with Crippen molar-refractivity contribution in [1.29, 1.82) is 0 Å². The Kier molecular flexibility index (Phi) is 4.15. The van der Waals surface area contributed by atoms with Gasteiger partial charge in [0.25, 0.3) is 0 Å². The second kappa shape index (κ2) is 5.63. The van der Waals surface area contributed by atoms with Crippen molar-refractivity contribution in [3.8, 4) is 0 Å². The number of thiazole rings is 1. The van der Waals surface area contributed by atoms with Gasteiger partial charge < -0.3 is 5.73 Å². The van der Waals surface area contributed by atoms with Crippen molar-refractivity contribution < 1.29 is 0 Å². The van der Waals surface area contributed by atoms with E-state index in [1.807, 2.05) is 18.3 Å². The summed E-state index contributed by atoms with van der Waals surface area (Å²) in [4.78, 5) is 5.64. The van der Waals surface area contributed by atoms with Gasteiger partial charge in [-0.25, -0.2) is 4.98 Å². The van der Waals surface area contributed by atoms with Crippen molar-refractivity contribution in [3.63, 3.8) is 0 Å². The molecular formula is C13H15ClN2S. The van der Waals surface area contributed by atoms with Crippen molar-refractivity contribution in [2.75, 3.05) is 6.54 Å². The van der Waals surface area contributed by atoms with Crippen LogP contribution in [0.1, 0.15) is 21.0 Å². The molecule has 90 valence electrons. The molecule has 0 fully saturated rings. The van der Waals surface area contributed by atoms with Crippen molar-refractivity contribution in [3.05, 3.63) is 50.4 Å². The lowest BCUT2D eigenvalue weighted by atomic mass is 10.1. The summed E-state index contributed by atoms with van der Waals surface area (Å²) in [6.45, 7) is 2.75. The van der Waals surface area contributed by atoms with E-state index in [1.54, 1.807) is 11.3 Å². The third-order valence-electron chi connectivity index (χ3n) is 2.63. The van der Waals surface area contributed by atoms with Crippen LogP contribution in [-0.2, 0) is 12.8 Å². The summed E-state index contributed by atoms with van der Waals surface area (Å²) in [5.41, 5.74) is 8.05. The van der Waals surface area contributed by atoms with E-state index in [-0.39, 0.29) is 0 Å². The van der Waals surface area contributed by atoms with Gasteiger partial charge >= 0.3 is 0 Å². The van der Waals surface area contributed by atoms with Crippen LogP contribution in [0.15, 0.2) is 24.4 Å². The van der Waals surface area contributed by atoms with Gasteiger partial charge in [-0.3, -0.25) is 0 Å². The smallest absolute Gasteiger partial charge is 0.0940 e. The van der Waals surface area contributed by atoms with Crippen LogP contribution >= 0.6 is 22.9 Å². The van der Waals surface area contributed by atoms with Gasteiger partial charge in [0.05, 0.1) is 5.01 Å². The summed E-state index contributed by atoms with van der Waals surface area (Å²) in [5, 5.41) is 1.91. The first-order valence-electron chi connectivity index (χ1n) is 5.57.